The molecule has 2 rings (SSSR count). The second-order valence-corrected chi connectivity index (χ2v) is 5.85. The lowest BCUT2D eigenvalue weighted by atomic mass is 10.2. The Kier molecular flexibility index (Phi) is 9.24. The summed E-state index contributed by atoms with van der Waals surface area (Å²) in [6.07, 6.45) is 2.96. The predicted molar refractivity (Wildman–Crippen MR) is 109 cm³/mol. The predicted octanol–water partition coefficient (Wildman–Crippen LogP) is 3.01. The fourth-order valence-electron chi connectivity index (χ4n) is 2.91. The Bertz CT molecular complexity index is 489. The van der Waals surface area contributed by atoms with Gasteiger partial charge in [0, 0.05) is 31.7 Å². The molecule has 1 aromatic carbocycles. The highest BCUT2D eigenvalue weighted by Gasteiger charge is 2.29. The minimum absolute atomic E-state index is 0. The van der Waals surface area contributed by atoms with Gasteiger partial charge in [0.2, 0.25) is 0 Å². The Morgan fingerprint density at radius 2 is 2.13 bits per heavy atom. The molecule has 0 aliphatic carbocycles. The van der Waals surface area contributed by atoms with Crippen molar-refractivity contribution in [2.45, 2.75) is 38.9 Å². The van der Waals surface area contributed by atoms with Crippen molar-refractivity contribution in [3.8, 4) is 0 Å². The van der Waals surface area contributed by atoms with Crippen molar-refractivity contribution in [2.24, 2.45) is 4.99 Å². The Morgan fingerprint density at radius 3 is 2.78 bits per heavy atom. The van der Waals surface area contributed by atoms with Crippen LogP contribution in [-0.4, -0.2) is 42.6 Å². The standard InChI is InChI=1S/C18H28N4.HI/c1-4-11-20-18(19-5-2)21-17-12-15(3)22(14-17)13-16-9-7-6-8-10-16;/h4,6-10,15,17H,1,5,11-14H2,2-3H3,(H2,19,20,21);1H. The number of guanidine groups is 1. The molecule has 0 bridgehead atoms. The Labute approximate surface area is 157 Å². The van der Waals surface area contributed by atoms with Gasteiger partial charge in [-0.25, -0.2) is 4.99 Å². The zero-order chi connectivity index (χ0) is 15.8. The lowest BCUT2D eigenvalue weighted by molar-refractivity contribution is 0.258. The zero-order valence-electron chi connectivity index (χ0n) is 14.2. The fourth-order valence-corrected chi connectivity index (χ4v) is 2.91. The van der Waals surface area contributed by atoms with E-state index in [4.69, 9.17) is 0 Å². The molecular formula is C18H29IN4. The first-order chi connectivity index (χ1) is 10.7. The maximum atomic E-state index is 4.49. The molecule has 1 heterocycles. The van der Waals surface area contributed by atoms with Gasteiger partial charge in [0.05, 0.1) is 6.54 Å². The molecule has 128 valence electrons. The number of halogens is 1. The molecule has 0 aromatic heterocycles. The van der Waals surface area contributed by atoms with Crippen LogP contribution in [0.5, 0.6) is 0 Å². The SMILES string of the molecule is C=CCN=C(NCC)NC1CC(C)N(Cc2ccccc2)C1.I. The molecule has 5 heteroatoms. The molecule has 1 aromatic rings. The van der Waals surface area contributed by atoms with E-state index in [1.54, 1.807) is 0 Å². The van der Waals surface area contributed by atoms with Crippen molar-refractivity contribution in [1.82, 2.24) is 15.5 Å². The lowest BCUT2D eigenvalue weighted by Gasteiger charge is -2.21. The van der Waals surface area contributed by atoms with Crippen molar-refractivity contribution in [2.75, 3.05) is 19.6 Å². The summed E-state index contributed by atoms with van der Waals surface area (Å²) in [5, 5.41) is 6.84. The van der Waals surface area contributed by atoms with Gasteiger partial charge in [0.25, 0.3) is 0 Å². The van der Waals surface area contributed by atoms with Crippen LogP contribution in [0, 0.1) is 0 Å². The molecular weight excluding hydrogens is 399 g/mol. The maximum absolute atomic E-state index is 4.49. The monoisotopic (exact) mass is 428 g/mol. The number of hydrogen-bond donors (Lipinski definition) is 2. The first-order valence-corrected chi connectivity index (χ1v) is 8.16. The maximum Gasteiger partial charge on any atom is 0.191 e. The van der Waals surface area contributed by atoms with Gasteiger partial charge in [-0.1, -0.05) is 36.4 Å². The summed E-state index contributed by atoms with van der Waals surface area (Å²) in [5.74, 6) is 0.890. The van der Waals surface area contributed by atoms with Crippen LogP contribution >= 0.6 is 24.0 Å². The molecule has 0 radical (unpaired) electrons. The first-order valence-electron chi connectivity index (χ1n) is 8.16. The van der Waals surface area contributed by atoms with Crippen molar-refractivity contribution in [1.29, 1.82) is 0 Å². The summed E-state index contributed by atoms with van der Waals surface area (Å²) < 4.78 is 0. The molecule has 0 spiro atoms. The van der Waals surface area contributed by atoms with Crippen molar-refractivity contribution >= 4 is 29.9 Å². The summed E-state index contributed by atoms with van der Waals surface area (Å²) in [7, 11) is 0. The van der Waals surface area contributed by atoms with Gasteiger partial charge in [0.15, 0.2) is 5.96 Å². The van der Waals surface area contributed by atoms with Gasteiger partial charge in [0.1, 0.15) is 0 Å². The van der Waals surface area contributed by atoms with E-state index in [-0.39, 0.29) is 24.0 Å². The summed E-state index contributed by atoms with van der Waals surface area (Å²) in [6, 6.07) is 11.7. The van der Waals surface area contributed by atoms with Gasteiger partial charge in [-0.3, -0.25) is 4.90 Å². The fraction of sp³-hybridized carbons (Fsp3) is 0.500. The molecule has 0 saturated carbocycles. The van der Waals surface area contributed by atoms with Crippen LogP contribution in [0.4, 0.5) is 0 Å². The number of nitrogens with zero attached hydrogens (tertiary/aromatic N) is 2. The van der Waals surface area contributed by atoms with E-state index < -0.39 is 0 Å². The smallest absolute Gasteiger partial charge is 0.191 e. The molecule has 2 N–H and O–H groups in total. The summed E-state index contributed by atoms with van der Waals surface area (Å²) in [5.41, 5.74) is 1.38. The second-order valence-electron chi connectivity index (χ2n) is 5.85. The highest BCUT2D eigenvalue weighted by atomic mass is 127. The molecule has 2 atom stereocenters. The molecule has 23 heavy (non-hydrogen) atoms. The minimum atomic E-state index is 0. The van der Waals surface area contributed by atoms with E-state index in [0.717, 1.165) is 32.0 Å². The average molecular weight is 428 g/mol. The number of rotatable bonds is 6. The number of hydrogen-bond acceptors (Lipinski definition) is 2. The molecule has 0 amide bonds. The van der Waals surface area contributed by atoms with Crippen molar-refractivity contribution in [3.05, 3.63) is 48.6 Å². The third kappa shape index (κ3) is 6.51. The number of nitrogens with one attached hydrogen (secondary N) is 2. The summed E-state index contributed by atoms with van der Waals surface area (Å²) in [6.45, 7) is 11.7. The van der Waals surface area contributed by atoms with Crippen LogP contribution in [0.25, 0.3) is 0 Å². The first kappa shape index (κ1) is 20.0. The van der Waals surface area contributed by atoms with Crippen LogP contribution in [0.15, 0.2) is 48.0 Å². The molecule has 1 aliphatic rings. The van der Waals surface area contributed by atoms with E-state index in [1.165, 1.54) is 5.56 Å². The lowest BCUT2D eigenvalue weighted by Crippen LogP contribution is -2.44. The van der Waals surface area contributed by atoms with Crippen LogP contribution < -0.4 is 10.6 Å². The van der Waals surface area contributed by atoms with Crippen LogP contribution in [0.2, 0.25) is 0 Å². The third-order valence-electron chi connectivity index (χ3n) is 4.00. The third-order valence-corrected chi connectivity index (χ3v) is 4.00. The number of aliphatic imine (C=N–C) groups is 1. The Balaban J connectivity index is 0.00000264. The Morgan fingerprint density at radius 1 is 1.39 bits per heavy atom. The highest BCUT2D eigenvalue weighted by molar-refractivity contribution is 14.0. The summed E-state index contributed by atoms with van der Waals surface area (Å²) >= 11 is 0. The molecule has 4 nitrogen and oxygen atoms in total. The molecule has 1 fully saturated rings. The van der Waals surface area contributed by atoms with Gasteiger partial charge >= 0.3 is 0 Å². The summed E-state index contributed by atoms with van der Waals surface area (Å²) in [4.78, 5) is 7.02. The number of benzene rings is 1. The zero-order valence-corrected chi connectivity index (χ0v) is 16.5. The number of likely N-dealkylation sites (tertiary alicyclic amines) is 1. The second kappa shape index (κ2) is 10.6. The minimum Gasteiger partial charge on any atom is -0.357 e. The van der Waals surface area contributed by atoms with Crippen LogP contribution in [-0.2, 0) is 6.54 Å². The van der Waals surface area contributed by atoms with E-state index in [0.29, 0.717) is 18.6 Å². The van der Waals surface area contributed by atoms with Crippen molar-refractivity contribution in [3.63, 3.8) is 0 Å². The average Bonchev–Trinajstić information content (AvgIpc) is 2.86. The van der Waals surface area contributed by atoms with Crippen LogP contribution in [0.1, 0.15) is 25.8 Å². The quantitative estimate of drug-likeness (QED) is 0.317. The topological polar surface area (TPSA) is 39.7 Å². The van der Waals surface area contributed by atoms with Gasteiger partial charge < -0.3 is 10.6 Å². The largest absolute Gasteiger partial charge is 0.357 e. The van der Waals surface area contributed by atoms with Gasteiger partial charge in [-0.2, -0.15) is 0 Å². The van der Waals surface area contributed by atoms with Gasteiger partial charge in [-0.15, -0.1) is 30.6 Å². The van der Waals surface area contributed by atoms with Crippen LogP contribution in [0.3, 0.4) is 0 Å². The van der Waals surface area contributed by atoms with E-state index >= 15 is 0 Å². The van der Waals surface area contributed by atoms with E-state index in [2.05, 4.69) is 71.3 Å². The van der Waals surface area contributed by atoms with E-state index in [1.807, 2.05) is 6.08 Å². The van der Waals surface area contributed by atoms with Gasteiger partial charge in [-0.05, 0) is 25.8 Å². The molecule has 1 saturated heterocycles. The van der Waals surface area contributed by atoms with E-state index in [9.17, 15) is 0 Å². The highest BCUT2D eigenvalue weighted by Crippen LogP contribution is 2.20. The molecule has 2 unspecified atom stereocenters. The normalized spacial score (nSPS) is 21.6. The van der Waals surface area contributed by atoms with Crippen molar-refractivity contribution < 1.29 is 0 Å². The Hall–Kier alpha value is -1.08. The molecule has 1 aliphatic heterocycles.